The Bertz CT molecular complexity index is 756. The molecule has 0 spiro atoms. The molecule has 2 aromatic rings. The monoisotopic (exact) mass is 384 g/mol. The third kappa shape index (κ3) is 5.81. The number of aromatic nitrogens is 2. The summed E-state index contributed by atoms with van der Waals surface area (Å²) in [5.74, 6) is 0. The number of rotatable bonds is 6. The van der Waals surface area contributed by atoms with E-state index in [1.807, 2.05) is 29.1 Å². The predicted octanol–water partition coefficient (Wildman–Crippen LogP) is 1.87. The Labute approximate surface area is 155 Å². The lowest BCUT2D eigenvalue weighted by Gasteiger charge is -2.30. The Morgan fingerprint density at radius 3 is 2.48 bits per heavy atom. The smallest absolute Gasteiger partial charge is 0.211 e. The average molecular weight is 385 g/mol. The minimum absolute atomic E-state index is 0. The zero-order valence-corrected chi connectivity index (χ0v) is 16.0. The fraction of sp³-hybridized carbons (Fsp3) is 0.471. The Kier molecular flexibility index (Phi) is 7.01. The molecule has 0 atom stereocenters. The highest BCUT2D eigenvalue weighted by Gasteiger charge is 2.24. The van der Waals surface area contributed by atoms with Crippen LogP contribution in [0.25, 0.3) is 0 Å². The maximum atomic E-state index is 11.5. The summed E-state index contributed by atoms with van der Waals surface area (Å²) >= 11 is 0. The van der Waals surface area contributed by atoms with Crippen molar-refractivity contribution in [2.24, 2.45) is 0 Å². The lowest BCUT2D eigenvalue weighted by Crippen LogP contribution is -2.44. The van der Waals surface area contributed by atoms with E-state index in [0.717, 1.165) is 31.5 Å². The Morgan fingerprint density at radius 2 is 1.84 bits per heavy atom. The van der Waals surface area contributed by atoms with Gasteiger partial charge in [-0.25, -0.2) is 12.7 Å². The standard InChI is InChI=1S/C17H24N4O2S.ClH/c1-24(22,23)21-9-7-17(8-10-21)18-11-16-12-19-20(14-16)13-15-5-3-2-4-6-15;/h2-6,12,14,17-18H,7-11,13H2,1H3;1H. The molecular formula is C17H25ClN4O2S. The molecule has 1 saturated heterocycles. The van der Waals surface area contributed by atoms with Crippen LogP contribution in [0.15, 0.2) is 42.7 Å². The average Bonchev–Trinajstić information content (AvgIpc) is 3.01. The molecular weight excluding hydrogens is 360 g/mol. The fourth-order valence-electron chi connectivity index (χ4n) is 3.01. The molecule has 1 aromatic heterocycles. The molecule has 8 heteroatoms. The summed E-state index contributed by atoms with van der Waals surface area (Å²) in [4.78, 5) is 0. The van der Waals surface area contributed by atoms with Gasteiger partial charge in [-0.3, -0.25) is 4.68 Å². The summed E-state index contributed by atoms with van der Waals surface area (Å²) in [6.07, 6.45) is 6.94. The summed E-state index contributed by atoms with van der Waals surface area (Å²) < 4.78 is 26.5. The van der Waals surface area contributed by atoms with Crippen LogP contribution in [0.2, 0.25) is 0 Å². The SMILES string of the molecule is CS(=O)(=O)N1CCC(NCc2cnn(Cc3ccccc3)c2)CC1.Cl. The number of benzene rings is 1. The molecule has 1 aromatic carbocycles. The van der Waals surface area contributed by atoms with Gasteiger partial charge in [0.2, 0.25) is 10.0 Å². The zero-order valence-electron chi connectivity index (χ0n) is 14.3. The lowest BCUT2D eigenvalue weighted by atomic mass is 10.1. The van der Waals surface area contributed by atoms with Crippen LogP contribution >= 0.6 is 12.4 Å². The summed E-state index contributed by atoms with van der Waals surface area (Å²) in [5.41, 5.74) is 2.38. The van der Waals surface area contributed by atoms with Gasteiger partial charge in [-0.2, -0.15) is 5.10 Å². The Balaban J connectivity index is 0.00000225. The van der Waals surface area contributed by atoms with E-state index in [1.54, 1.807) is 4.31 Å². The van der Waals surface area contributed by atoms with Crippen molar-refractivity contribution in [2.45, 2.75) is 32.0 Å². The predicted molar refractivity (Wildman–Crippen MR) is 101 cm³/mol. The molecule has 2 heterocycles. The Morgan fingerprint density at radius 1 is 1.16 bits per heavy atom. The molecule has 1 N–H and O–H groups in total. The topological polar surface area (TPSA) is 67.2 Å². The minimum Gasteiger partial charge on any atom is -0.310 e. The summed E-state index contributed by atoms with van der Waals surface area (Å²) in [5, 5.41) is 7.92. The van der Waals surface area contributed by atoms with Gasteiger partial charge in [-0.15, -0.1) is 12.4 Å². The first-order valence-corrected chi connectivity index (χ1v) is 10.1. The molecule has 6 nitrogen and oxygen atoms in total. The first-order chi connectivity index (χ1) is 11.5. The molecule has 0 radical (unpaired) electrons. The first kappa shape index (κ1) is 19.9. The molecule has 1 aliphatic rings. The van der Waals surface area contributed by atoms with Crippen LogP contribution in [0.1, 0.15) is 24.0 Å². The number of nitrogens with zero attached hydrogens (tertiary/aromatic N) is 3. The van der Waals surface area contributed by atoms with Gasteiger partial charge in [0, 0.05) is 37.4 Å². The second-order valence-corrected chi connectivity index (χ2v) is 8.33. The molecule has 0 bridgehead atoms. The number of hydrogen-bond acceptors (Lipinski definition) is 4. The summed E-state index contributed by atoms with van der Waals surface area (Å²) in [7, 11) is -3.05. The highest BCUT2D eigenvalue weighted by atomic mass is 35.5. The number of sulfonamides is 1. The van der Waals surface area contributed by atoms with Gasteiger partial charge < -0.3 is 5.32 Å². The number of hydrogen-bond donors (Lipinski definition) is 1. The van der Waals surface area contributed by atoms with Crippen LogP contribution in [0, 0.1) is 0 Å². The third-order valence-electron chi connectivity index (χ3n) is 4.39. The second kappa shape index (κ2) is 8.80. The van der Waals surface area contributed by atoms with E-state index in [-0.39, 0.29) is 12.4 Å². The maximum Gasteiger partial charge on any atom is 0.211 e. The normalized spacial score (nSPS) is 16.5. The highest BCUT2D eigenvalue weighted by molar-refractivity contribution is 7.88. The number of nitrogens with one attached hydrogen (secondary N) is 1. The van der Waals surface area contributed by atoms with Gasteiger partial charge in [-0.05, 0) is 18.4 Å². The number of piperidine rings is 1. The van der Waals surface area contributed by atoms with Crippen LogP contribution in [-0.4, -0.2) is 47.9 Å². The van der Waals surface area contributed by atoms with Crippen molar-refractivity contribution in [1.82, 2.24) is 19.4 Å². The van der Waals surface area contributed by atoms with Crippen molar-refractivity contribution in [1.29, 1.82) is 0 Å². The lowest BCUT2D eigenvalue weighted by molar-refractivity contribution is 0.290. The first-order valence-electron chi connectivity index (χ1n) is 8.24. The largest absolute Gasteiger partial charge is 0.310 e. The number of halogens is 1. The van der Waals surface area contributed by atoms with Crippen LogP contribution < -0.4 is 5.32 Å². The molecule has 1 fully saturated rings. The van der Waals surface area contributed by atoms with Gasteiger partial charge in [0.1, 0.15) is 0 Å². The third-order valence-corrected chi connectivity index (χ3v) is 5.70. The van der Waals surface area contributed by atoms with E-state index in [2.05, 4.69) is 28.7 Å². The van der Waals surface area contributed by atoms with Crippen molar-refractivity contribution in [3.05, 3.63) is 53.9 Å². The molecule has 0 amide bonds. The van der Waals surface area contributed by atoms with Crippen molar-refractivity contribution in [3.8, 4) is 0 Å². The molecule has 0 saturated carbocycles. The van der Waals surface area contributed by atoms with E-state index in [4.69, 9.17) is 0 Å². The molecule has 3 rings (SSSR count). The van der Waals surface area contributed by atoms with E-state index >= 15 is 0 Å². The summed E-state index contributed by atoms with van der Waals surface area (Å²) in [6.45, 7) is 2.74. The van der Waals surface area contributed by atoms with Gasteiger partial charge >= 0.3 is 0 Å². The molecule has 1 aliphatic heterocycles. The summed E-state index contributed by atoms with van der Waals surface area (Å²) in [6, 6.07) is 10.6. The van der Waals surface area contributed by atoms with Crippen LogP contribution in [0.3, 0.4) is 0 Å². The van der Waals surface area contributed by atoms with Crippen molar-refractivity contribution in [2.75, 3.05) is 19.3 Å². The van der Waals surface area contributed by atoms with Crippen LogP contribution in [-0.2, 0) is 23.1 Å². The maximum absolute atomic E-state index is 11.5. The minimum atomic E-state index is -3.05. The van der Waals surface area contributed by atoms with Crippen molar-refractivity contribution >= 4 is 22.4 Å². The molecule has 0 aliphatic carbocycles. The highest BCUT2D eigenvalue weighted by Crippen LogP contribution is 2.14. The van der Waals surface area contributed by atoms with E-state index in [9.17, 15) is 8.42 Å². The zero-order chi connectivity index (χ0) is 17.0. The Hall–Kier alpha value is -1.41. The van der Waals surface area contributed by atoms with Gasteiger partial charge in [-0.1, -0.05) is 30.3 Å². The van der Waals surface area contributed by atoms with Crippen molar-refractivity contribution < 1.29 is 8.42 Å². The van der Waals surface area contributed by atoms with Gasteiger partial charge in [0.05, 0.1) is 19.0 Å². The van der Waals surface area contributed by atoms with Gasteiger partial charge in [0.15, 0.2) is 0 Å². The van der Waals surface area contributed by atoms with Gasteiger partial charge in [0.25, 0.3) is 0 Å². The molecule has 0 unspecified atom stereocenters. The molecule has 25 heavy (non-hydrogen) atoms. The fourth-order valence-corrected chi connectivity index (χ4v) is 3.88. The van der Waals surface area contributed by atoms with E-state index in [0.29, 0.717) is 19.1 Å². The quantitative estimate of drug-likeness (QED) is 0.825. The second-order valence-electron chi connectivity index (χ2n) is 6.35. The van der Waals surface area contributed by atoms with Crippen LogP contribution in [0.5, 0.6) is 0 Å². The molecule has 138 valence electrons. The van der Waals surface area contributed by atoms with E-state index in [1.165, 1.54) is 11.8 Å². The van der Waals surface area contributed by atoms with Crippen LogP contribution in [0.4, 0.5) is 0 Å². The van der Waals surface area contributed by atoms with E-state index < -0.39 is 10.0 Å². The van der Waals surface area contributed by atoms with Crippen molar-refractivity contribution in [3.63, 3.8) is 0 Å².